The van der Waals surface area contributed by atoms with Gasteiger partial charge in [0.25, 0.3) is 5.91 Å². The molecule has 1 aromatic heterocycles. The Labute approximate surface area is 156 Å². The summed E-state index contributed by atoms with van der Waals surface area (Å²) in [4.78, 5) is 26.3. The predicted octanol–water partition coefficient (Wildman–Crippen LogP) is 3.78. The van der Waals surface area contributed by atoms with E-state index in [0.29, 0.717) is 17.4 Å². The maximum absolute atomic E-state index is 13.2. The second-order valence-electron chi connectivity index (χ2n) is 7.29. The highest BCUT2D eigenvalue weighted by molar-refractivity contribution is 6.00. The fourth-order valence-electron chi connectivity index (χ4n) is 3.25. The third-order valence-corrected chi connectivity index (χ3v) is 5.18. The Morgan fingerprint density at radius 2 is 2.04 bits per heavy atom. The number of benzene rings is 1. The molecule has 2 heterocycles. The molecule has 0 unspecified atom stereocenters. The molecule has 2 aromatic rings. The molecule has 1 amide bonds. The van der Waals surface area contributed by atoms with Crippen molar-refractivity contribution in [2.24, 2.45) is 5.92 Å². The van der Waals surface area contributed by atoms with Crippen LogP contribution in [0.5, 0.6) is 0 Å². The Bertz CT molecular complexity index is 781. The van der Waals surface area contributed by atoms with Gasteiger partial charge in [-0.2, -0.15) is 0 Å². The van der Waals surface area contributed by atoms with Gasteiger partial charge < -0.3 is 9.80 Å². The van der Waals surface area contributed by atoms with Crippen LogP contribution in [0, 0.1) is 12.8 Å². The van der Waals surface area contributed by atoms with E-state index in [1.165, 1.54) is 0 Å². The molecule has 0 atom stereocenters. The highest BCUT2D eigenvalue weighted by atomic mass is 16.2. The van der Waals surface area contributed by atoms with Crippen molar-refractivity contribution in [3.63, 3.8) is 0 Å². The standard InChI is InChI=1S/C21H28N4O/c1-5-24(4)21-22-14-18(20(26)25-11-9-15(2)10-12-25)19(23-21)17-8-6-7-16(3)13-17/h6-8,13-15H,5,9-12H2,1-4H3. The van der Waals surface area contributed by atoms with E-state index in [9.17, 15) is 4.79 Å². The number of carbonyl (C=O) groups excluding carboxylic acids is 1. The number of hydrogen-bond donors (Lipinski definition) is 0. The second kappa shape index (κ2) is 7.85. The van der Waals surface area contributed by atoms with Crippen molar-refractivity contribution >= 4 is 11.9 Å². The average molecular weight is 352 g/mol. The van der Waals surface area contributed by atoms with E-state index in [1.807, 2.05) is 29.0 Å². The van der Waals surface area contributed by atoms with Crippen molar-refractivity contribution in [1.29, 1.82) is 0 Å². The number of aryl methyl sites for hydroxylation is 1. The zero-order valence-electron chi connectivity index (χ0n) is 16.2. The van der Waals surface area contributed by atoms with Crippen LogP contribution in [0.3, 0.4) is 0 Å². The first-order valence-electron chi connectivity index (χ1n) is 9.44. The molecular weight excluding hydrogens is 324 g/mol. The Morgan fingerprint density at radius 1 is 1.31 bits per heavy atom. The second-order valence-corrected chi connectivity index (χ2v) is 7.29. The third-order valence-electron chi connectivity index (χ3n) is 5.18. The van der Waals surface area contributed by atoms with Crippen LogP contribution in [0.2, 0.25) is 0 Å². The average Bonchev–Trinajstić information content (AvgIpc) is 2.67. The largest absolute Gasteiger partial charge is 0.344 e. The predicted molar refractivity (Wildman–Crippen MR) is 105 cm³/mol. The minimum atomic E-state index is 0.0408. The van der Waals surface area contributed by atoms with Gasteiger partial charge >= 0.3 is 0 Å². The number of carbonyl (C=O) groups is 1. The highest BCUT2D eigenvalue weighted by Gasteiger charge is 2.25. The van der Waals surface area contributed by atoms with Crippen LogP contribution >= 0.6 is 0 Å². The zero-order valence-corrected chi connectivity index (χ0v) is 16.2. The smallest absolute Gasteiger partial charge is 0.257 e. The number of hydrogen-bond acceptors (Lipinski definition) is 4. The molecule has 0 bridgehead atoms. The molecule has 0 spiro atoms. The Kier molecular flexibility index (Phi) is 5.55. The Morgan fingerprint density at radius 3 is 2.69 bits per heavy atom. The SMILES string of the molecule is CCN(C)c1ncc(C(=O)N2CCC(C)CC2)c(-c2cccc(C)c2)n1. The Hall–Kier alpha value is -2.43. The summed E-state index contributed by atoms with van der Waals surface area (Å²) in [7, 11) is 1.96. The zero-order chi connectivity index (χ0) is 18.7. The topological polar surface area (TPSA) is 49.3 Å². The molecule has 1 aliphatic heterocycles. The van der Waals surface area contributed by atoms with Gasteiger partial charge in [-0.1, -0.05) is 30.7 Å². The van der Waals surface area contributed by atoms with Crippen LogP contribution in [0.1, 0.15) is 42.6 Å². The molecule has 5 heteroatoms. The van der Waals surface area contributed by atoms with Crippen molar-refractivity contribution in [2.75, 3.05) is 31.6 Å². The molecule has 5 nitrogen and oxygen atoms in total. The van der Waals surface area contributed by atoms with Crippen LogP contribution in [0.25, 0.3) is 11.3 Å². The minimum absolute atomic E-state index is 0.0408. The van der Waals surface area contributed by atoms with Gasteiger partial charge in [0, 0.05) is 38.4 Å². The first-order valence-corrected chi connectivity index (χ1v) is 9.44. The third kappa shape index (κ3) is 3.87. The molecule has 1 fully saturated rings. The molecule has 26 heavy (non-hydrogen) atoms. The number of amides is 1. The van der Waals surface area contributed by atoms with E-state index < -0.39 is 0 Å². The van der Waals surface area contributed by atoms with E-state index in [4.69, 9.17) is 4.98 Å². The van der Waals surface area contributed by atoms with E-state index in [-0.39, 0.29) is 5.91 Å². The van der Waals surface area contributed by atoms with E-state index in [1.54, 1.807) is 6.20 Å². The van der Waals surface area contributed by atoms with Gasteiger partial charge in [0.1, 0.15) is 0 Å². The molecule has 138 valence electrons. The number of piperidine rings is 1. The summed E-state index contributed by atoms with van der Waals surface area (Å²) in [6.45, 7) is 8.79. The fraction of sp³-hybridized carbons (Fsp3) is 0.476. The van der Waals surface area contributed by atoms with Crippen molar-refractivity contribution in [2.45, 2.75) is 33.6 Å². The fourth-order valence-corrected chi connectivity index (χ4v) is 3.25. The van der Waals surface area contributed by atoms with Gasteiger partial charge in [-0.15, -0.1) is 0 Å². The van der Waals surface area contributed by atoms with Crippen molar-refractivity contribution < 1.29 is 4.79 Å². The summed E-state index contributed by atoms with van der Waals surface area (Å²) < 4.78 is 0. The molecule has 0 aliphatic carbocycles. The molecule has 1 saturated heterocycles. The van der Waals surface area contributed by atoms with Crippen molar-refractivity contribution in [1.82, 2.24) is 14.9 Å². The van der Waals surface area contributed by atoms with Gasteiger partial charge in [0.05, 0.1) is 11.3 Å². The van der Waals surface area contributed by atoms with Crippen molar-refractivity contribution in [3.05, 3.63) is 41.6 Å². The van der Waals surface area contributed by atoms with Gasteiger partial charge in [0.2, 0.25) is 5.95 Å². The molecule has 0 saturated carbocycles. The van der Waals surface area contributed by atoms with Crippen LogP contribution in [-0.2, 0) is 0 Å². The summed E-state index contributed by atoms with van der Waals surface area (Å²) >= 11 is 0. The number of nitrogens with zero attached hydrogens (tertiary/aromatic N) is 4. The van der Waals surface area contributed by atoms with E-state index >= 15 is 0 Å². The summed E-state index contributed by atoms with van der Waals surface area (Å²) in [5.74, 6) is 1.37. The first kappa shape index (κ1) is 18.4. The van der Waals surface area contributed by atoms with Gasteiger partial charge in [-0.05, 0) is 38.7 Å². The number of anilines is 1. The van der Waals surface area contributed by atoms with Crippen molar-refractivity contribution in [3.8, 4) is 11.3 Å². The Balaban J connectivity index is 2.02. The van der Waals surface area contributed by atoms with Gasteiger partial charge in [-0.3, -0.25) is 4.79 Å². The maximum Gasteiger partial charge on any atom is 0.257 e. The summed E-state index contributed by atoms with van der Waals surface area (Å²) in [5, 5.41) is 0. The molecule has 1 aliphatic rings. The number of rotatable bonds is 4. The van der Waals surface area contributed by atoms with Crippen LogP contribution < -0.4 is 4.90 Å². The lowest BCUT2D eigenvalue weighted by molar-refractivity contribution is 0.0697. The highest BCUT2D eigenvalue weighted by Crippen LogP contribution is 2.27. The molecule has 3 rings (SSSR count). The molecule has 0 N–H and O–H groups in total. The van der Waals surface area contributed by atoms with Crippen LogP contribution in [0.15, 0.2) is 30.5 Å². The first-order chi connectivity index (χ1) is 12.5. The lowest BCUT2D eigenvalue weighted by Gasteiger charge is -2.30. The van der Waals surface area contributed by atoms with E-state index in [2.05, 4.69) is 37.9 Å². The summed E-state index contributed by atoms with van der Waals surface area (Å²) in [6.07, 6.45) is 3.82. The lowest BCUT2D eigenvalue weighted by Crippen LogP contribution is -2.38. The quantitative estimate of drug-likeness (QED) is 0.840. The lowest BCUT2D eigenvalue weighted by atomic mass is 9.98. The number of likely N-dealkylation sites (tertiary alicyclic amines) is 1. The normalized spacial score (nSPS) is 15.2. The summed E-state index contributed by atoms with van der Waals surface area (Å²) in [6, 6.07) is 8.15. The van der Waals surface area contributed by atoms with Gasteiger partial charge in [0.15, 0.2) is 0 Å². The van der Waals surface area contributed by atoms with Gasteiger partial charge in [-0.25, -0.2) is 9.97 Å². The molecule has 0 radical (unpaired) electrons. The summed E-state index contributed by atoms with van der Waals surface area (Å²) in [5.41, 5.74) is 3.43. The number of aromatic nitrogens is 2. The maximum atomic E-state index is 13.2. The van der Waals surface area contributed by atoms with Crippen LogP contribution in [-0.4, -0.2) is 47.5 Å². The van der Waals surface area contributed by atoms with Crippen LogP contribution in [0.4, 0.5) is 5.95 Å². The monoisotopic (exact) mass is 352 g/mol. The molecular formula is C21H28N4O. The molecule has 1 aromatic carbocycles. The minimum Gasteiger partial charge on any atom is -0.344 e. The van der Waals surface area contributed by atoms with E-state index in [0.717, 1.165) is 49.3 Å².